The molecule has 1 saturated carbocycles. The molecule has 0 spiro atoms. The van der Waals surface area contributed by atoms with Crippen LogP contribution in [0.5, 0.6) is 0 Å². The molecular weight excluding hydrogens is 192 g/mol. The van der Waals surface area contributed by atoms with E-state index in [2.05, 4.69) is 20.8 Å². The molecule has 0 saturated heterocycles. The van der Waals surface area contributed by atoms with Crippen LogP contribution in [-0.2, 0) is 9.47 Å². The standard InChI is InChI=1S/C12H24O3/c1-11(2,3)12(5-4-6-12)15-10-9-14-8-7-13/h13H,4-10H2,1-3H3. The van der Waals surface area contributed by atoms with Crippen LogP contribution in [0.25, 0.3) is 0 Å². The van der Waals surface area contributed by atoms with Gasteiger partial charge in [0.15, 0.2) is 0 Å². The first-order valence-corrected chi connectivity index (χ1v) is 5.84. The lowest BCUT2D eigenvalue weighted by Crippen LogP contribution is -2.51. The average molecular weight is 216 g/mol. The molecule has 0 aromatic rings. The summed E-state index contributed by atoms with van der Waals surface area (Å²) in [6, 6.07) is 0. The van der Waals surface area contributed by atoms with Crippen molar-refractivity contribution in [3.05, 3.63) is 0 Å². The zero-order chi connectivity index (χ0) is 11.4. The Morgan fingerprint density at radius 2 is 1.80 bits per heavy atom. The maximum Gasteiger partial charge on any atom is 0.0731 e. The van der Waals surface area contributed by atoms with E-state index in [1.807, 2.05) is 0 Å². The van der Waals surface area contributed by atoms with Crippen LogP contribution < -0.4 is 0 Å². The van der Waals surface area contributed by atoms with E-state index >= 15 is 0 Å². The average Bonchev–Trinajstić information content (AvgIpc) is 2.05. The SMILES string of the molecule is CC(C)(C)C1(OCCOCCO)CCC1. The van der Waals surface area contributed by atoms with Gasteiger partial charge >= 0.3 is 0 Å². The molecule has 0 aliphatic heterocycles. The highest BCUT2D eigenvalue weighted by molar-refractivity contribution is 4.98. The highest BCUT2D eigenvalue weighted by atomic mass is 16.5. The summed E-state index contributed by atoms with van der Waals surface area (Å²) >= 11 is 0. The van der Waals surface area contributed by atoms with Gasteiger partial charge in [0.05, 0.1) is 32.0 Å². The smallest absolute Gasteiger partial charge is 0.0731 e. The molecule has 0 amide bonds. The monoisotopic (exact) mass is 216 g/mol. The van der Waals surface area contributed by atoms with Gasteiger partial charge in [-0.1, -0.05) is 20.8 Å². The molecule has 1 fully saturated rings. The van der Waals surface area contributed by atoms with Gasteiger partial charge in [0.25, 0.3) is 0 Å². The summed E-state index contributed by atoms with van der Waals surface area (Å²) in [5.41, 5.74) is 0.276. The molecule has 15 heavy (non-hydrogen) atoms. The first-order chi connectivity index (χ1) is 7.02. The Labute approximate surface area is 92.8 Å². The van der Waals surface area contributed by atoms with Crippen LogP contribution in [0, 0.1) is 5.41 Å². The zero-order valence-corrected chi connectivity index (χ0v) is 10.2. The molecule has 1 rings (SSSR count). The van der Waals surface area contributed by atoms with Gasteiger partial charge in [0.1, 0.15) is 0 Å². The van der Waals surface area contributed by atoms with Crippen LogP contribution in [-0.4, -0.2) is 37.1 Å². The van der Waals surface area contributed by atoms with Gasteiger partial charge in [-0.25, -0.2) is 0 Å². The van der Waals surface area contributed by atoms with Gasteiger partial charge in [-0.3, -0.25) is 0 Å². The van der Waals surface area contributed by atoms with E-state index in [-0.39, 0.29) is 17.6 Å². The predicted octanol–water partition coefficient (Wildman–Crippen LogP) is 1.98. The minimum absolute atomic E-state index is 0.0651. The minimum atomic E-state index is 0.0651. The Bertz CT molecular complexity index is 180. The van der Waals surface area contributed by atoms with E-state index in [1.165, 1.54) is 6.42 Å². The van der Waals surface area contributed by atoms with Gasteiger partial charge < -0.3 is 14.6 Å². The van der Waals surface area contributed by atoms with Crippen molar-refractivity contribution in [1.82, 2.24) is 0 Å². The summed E-state index contributed by atoms with van der Waals surface area (Å²) in [6.07, 6.45) is 3.60. The zero-order valence-electron chi connectivity index (χ0n) is 10.2. The minimum Gasteiger partial charge on any atom is -0.394 e. The molecule has 0 bridgehead atoms. The second kappa shape index (κ2) is 5.28. The van der Waals surface area contributed by atoms with Crippen molar-refractivity contribution in [2.24, 2.45) is 5.41 Å². The first kappa shape index (κ1) is 12.9. The Morgan fingerprint density at radius 3 is 2.20 bits per heavy atom. The summed E-state index contributed by atoms with van der Waals surface area (Å²) in [5.74, 6) is 0. The molecule has 3 heteroatoms. The first-order valence-electron chi connectivity index (χ1n) is 5.84. The van der Waals surface area contributed by atoms with Crippen LogP contribution in [0.4, 0.5) is 0 Å². The number of ether oxygens (including phenoxy) is 2. The van der Waals surface area contributed by atoms with Gasteiger partial charge in [-0.15, -0.1) is 0 Å². The van der Waals surface area contributed by atoms with Gasteiger partial charge in [0.2, 0.25) is 0 Å². The van der Waals surface area contributed by atoms with Crippen LogP contribution in [0.15, 0.2) is 0 Å². The van der Waals surface area contributed by atoms with Crippen molar-refractivity contribution in [1.29, 1.82) is 0 Å². The van der Waals surface area contributed by atoms with E-state index in [4.69, 9.17) is 14.6 Å². The van der Waals surface area contributed by atoms with Crippen molar-refractivity contribution in [2.45, 2.75) is 45.6 Å². The molecule has 90 valence electrons. The summed E-state index contributed by atoms with van der Waals surface area (Å²) in [6.45, 7) is 8.42. The molecule has 1 aliphatic carbocycles. The summed E-state index contributed by atoms with van der Waals surface area (Å²) in [5, 5.41) is 8.55. The lowest BCUT2D eigenvalue weighted by Gasteiger charge is -2.51. The third kappa shape index (κ3) is 3.16. The van der Waals surface area contributed by atoms with E-state index in [9.17, 15) is 0 Å². The molecule has 0 radical (unpaired) electrons. The van der Waals surface area contributed by atoms with Crippen LogP contribution in [0.3, 0.4) is 0 Å². The number of aliphatic hydroxyl groups excluding tert-OH is 1. The maximum atomic E-state index is 8.55. The Hall–Kier alpha value is -0.120. The molecule has 0 atom stereocenters. The third-order valence-corrected chi connectivity index (χ3v) is 3.37. The van der Waals surface area contributed by atoms with Gasteiger partial charge in [-0.05, 0) is 24.7 Å². The fourth-order valence-corrected chi connectivity index (χ4v) is 2.07. The van der Waals surface area contributed by atoms with Crippen molar-refractivity contribution in [3.8, 4) is 0 Å². The van der Waals surface area contributed by atoms with Crippen LogP contribution in [0.1, 0.15) is 40.0 Å². The molecule has 1 N–H and O–H groups in total. The van der Waals surface area contributed by atoms with Crippen LogP contribution >= 0.6 is 0 Å². The highest BCUT2D eigenvalue weighted by Crippen LogP contribution is 2.48. The summed E-state index contributed by atoms with van der Waals surface area (Å²) in [4.78, 5) is 0. The van der Waals surface area contributed by atoms with E-state index in [0.717, 1.165) is 12.8 Å². The van der Waals surface area contributed by atoms with Gasteiger partial charge in [0, 0.05) is 0 Å². The number of aliphatic hydroxyl groups is 1. The topological polar surface area (TPSA) is 38.7 Å². The van der Waals surface area contributed by atoms with Gasteiger partial charge in [-0.2, -0.15) is 0 Å². The molecule has 1 aliphatic rings. The number of hydrogen-bond donors (Lipinski definition) is 1. The fourth-order valence-electron chi connectivity index (χ4n) is 2.07. The number of rotatable bonds is 6. The van der Waals surface area contributed by atoms with Crippen molar-refractivity contribution in [3.63, 3.8) is 0 Å². The van der Waals surface area contributed by atoms with E-state index in [1.54, 1.807) is 0 Å². The predicted molar refractivity (Wildman–Crippen MR) is 59.9 cm³/mol. The normalized spacial score (nSPS) is 20.0. The molecule has 3 nitrogen and oxygen atoms in total. The maximum absolute atomic E-state index is 8.55. The Balaban J connectivity index is 2.23. The molecular formula is C12H24O3. The van der Waals surface area contributed by atoms with Crippen molar-refractivity contribution >= 4 is 0 Å². The van der Waals surface area contributed by atoms with E-state index in [0.29, 0.717) is 19.8 Å². The third-order valence-electron chi connectivity index (χ3n) is 3.37. The quantitative estimate of drug-likeness (QED) is 0.690. The molecule has 0 heterocycles. The van der Waals surface area contributed by atoms with E-state index < -0.39 is 0 Å². The summed E-state index contributed by atoms with van der Waals surface area (Å²) < 4.78 is 11.2. The fraction of sp³-hybridized carbons (Fsp3) is 1.00. The lowest BCUT2D eigenvalue weighted by atomic mass is 9.64. The second-order valence-corrected chi connectivity index (χ2v) is 5.28. The Morgan fingerprint density at radius 1 is 1.13 bits per heavy atom. The summed E-state index contributed by atoms with van der Waals surface area (Å²) in [7, 11) is 0. The second-order valence-electron chi connectivity index (χ2n) is 5.28. The lowest BCUT2D eigenvalue weighted by molar-refractivity contribution is -0.173. The highest BCUT2D eigenvalue weighted by Gasteiger charge is 2.47. The van der Waals surface area contributed by atoms with Crippen molar-refractivity contribution < 1.29 is 14.6 Å². The largest absolute Gasteiger partial charge is 0.394 e. The molecule has 0 aromatic carbocycles. The Kier molecular flexibility index (Phi) is 4.56. The molecule has 0 aromatic heterocycles. The molecule has 0 unspecified atom stereocenters. The van der Waals surface area contributed by atoms with Crippen LogP contribution in [0.2, 0.25) is 0 Å². The number of hydrogen-bond acceptors (Lipinski definition) is 3. The van der Waals surface area contributed by atoms with Crippen molar-refractivity contribution in [2.75, 3.05) is 26.4 Å².